The summed E-state index contributed by atoms with van der Waals surface area (Å²) in [6.45, 7) is 6.14. The zero-order chi connectivity index (χ0) is 12.8. The monoisotopic (exact) mass is 234 g/mol. The van der Waals surface area contributed by atoms with Crippen LogP contribution in [0.15, 0.2) is 24.3 Å². The van der Waals surface area contributed by atoms with Crippen LogP contribution in [0.5, 0.6) is 0 Å². The van der Waals surface area contributed by atoms with Crippen LogP contribution in [-0.4, -0.2) is 18.4 Å². The van der Waals surface area contributed by atoms with E-state index in [0.717, 1.165) is 0 Å². The topological polar surface area (TPSA) is 58.2 Å². The molecule has 17 heavy (non-hydrogen) atoms. The second-order valence-corrected chi connectivity index (χ2v) is 4.08. The smallest absolute Gasteiger partial charge is 0.251 e. The van der Waals surface area contributed by atoms with E-state index in [0.29, 0.717) is 17.8 Å². The molecule has 0 aliphatic heterocycles. The van der Waals surface area contributed by atoms with Gasteiger partial charge in [0.15, 0.2) is 0 Å². The molecule has 92 valence electrons. The minimum atomic E-state index is -0.103. The Morgan fingerprint density at radius 1 is 1.18 bits per heavy atom. The highest BCUT2D eigenvalue weighted by Gasteiger charge is 2.08. The third-order valence-electron chi connectivity index (χ3n) is 2.28. The number of nitrogens with one attached hydrogen (secondary N) is 2. The molecule has 0 saturated heterocycles. The number of hydrogen-bond acceptors (Lipinski definition) is 2. The third kappa shape index (κ3) is 3.90. The molecule has 0 spiro atoms. The van der Waals surface area contributed by atoms with Crippen LogP contribution in [0.25, 0.3) is 0 Å². The van der Waals surface area contributed by atoms with Crippen molar-refractivity contribution in [2.24, 2.45) is 5.92 Å². The van der Waals surface area contributed by atoms with Crippen LogP contribution < -0.4 is 10.6 Å². The largest absolute Gasteiger partial charge is 0.352 e. The number of carbonyl (C=O) groups excluding carboxylic acids is 2. The van der Waals surface area contributed by atoms with Crippen molar-refractivity contribution in [3.63, 3.8) is 0 Å². The molecule has 4 heteroatoms. The molecule has 1 rings (SSSR count). The first-order valence-electron chi connectivity index (χ1n) is 5.73. The summed E-state index contributed by atoms with van der Waals surface area (Å²) in [5, 5.41) is 5.48. The molecule has 0 aliphatic carbocycles. The standard InChI is InChI=1S/C13H18N2O2/c1-4-14-13(17)10-5-7-11(8-6-10)15-12(16)9(2)3/h5-9H,4H2,1-3H3,(H,14,17)(H,15,16). The number of carbonyl (C=O) groups is 2. The Hall–Kier alpha value is -1.84. The fraction of sp³-hybridized carbons (Fsp3) is 0.385. The second-order valence-electron chi connectivity index (χ2n) is 4.08. The summed E-state index contributed by atoms with van der Waals surface area (Å²) in [5.74, 6) is -0.192. The quantitative estimate of drug-likeness (QED) is 0.837. The van der Waals surface area contributed by atoms with E-state index in [1.54, 1.807) is 24.3 Å². The lowest BCUT2D eigenvalue weighted by Crippen LogP contribution is -2.22. The van der Waals surface area contributed by atoms with Gasteiger partial charge in [-0.25, -0.2) is 0 Å². The van der Waals surface area contributed by atoms with Crippen molar-refractivity contribution in [3.8, 4) is 0 Å². The van der Waals surface area contributed by atoms with E-state index in [2.05, 4.69) is 10.6 Å². The zero-order valence-corrected chi connectivity index (χ0v) is 10.4. The number of benzene rings is 1. The van der Waals surface area contributed by atoms with Gasteiger partial charge in [-0.2, -0.15) is 0 Å². The molecule has 0 heterocycles. The molecule has 0 unspecified atom stereocenters. The van der Waals surface area contributed by atoms with E-state index in [-0.39, 0.29) is 17.7 Å². The minimum Gasteiger partial charge on any atom is -0.352 e. The number of rotatable bonds is 4. The molecule has 4 nitrogen and oxygen atoms in total. The Kier molecular flexibility index (Phi) is 4.69. The maximum absolute atomic E-state index is 11.5. The Morgan fingerprint density at radius 3 is 2.24 bits per heavy atom. The molecule has 2 amide bonds. The van der Waals surface area contributed by atoms with Crippen molar-refractivity contribution >= 4 is 17.5 Å². The minimum absolute atomic E-state index is 0.0317. The van der Waals surface area contributed by atoms with Crippen LogP contribution in [0.2, 0.25) is 0 Å². The van der Waals surface area contributed by atoms with Gasteiger partial charge < -0.3 is 10.6 Å². The van der Waals surface area contributed by atoms with Crippen molar-refractivity contribution in [2.45, 2.75) is 20.8 Å². The maximum atomic E-state index is 11.5. The Bertz CT molecular complexity index is 396. The fourth-order valence-electron chi connectivity index (χ4n) is 1.25. The first kappa shape index (κ1) is 13.2. The molecule has 0 bridgehead atoms. The molecular formula is C13H18N2O2. The molecule has 0 fully saturated rings. The van der Waals surface area contributed by atoms with E-state index in [1.807, 2.05) is 20.8 Å². The average Bonchev–Trinajstić information content (AvgIpc) is 2.30. The molecular weight excluding hydrogens is 216 g/mol. The molecule has 0 saturated carbocycles. The maximum Gasteiger partial charge on any atom is 0.251 e. The van der Waals surface area contributed by atoms with Crippen LogP contribution in [0.1, 0.15) is 31.1 Å². The van der Waals surface area contributed by atoms with Crippen molar-refractivity contribution in [2.75, 3.05) is 11.9 Å². The summed E-state index contributed by atoms with van der Waals surface area (Å²) in [6.07, 6.45) is 0. The lowest BCUT2D eigenvalue weighted by atomic mass is 10.1. The summed E-state index contributed by atoms with van der Waals surface area (Å²) in [5.41, 5.74) is 1.30. The SMILES string of the molecule is CCNC(=O)c1ccc(NC(=O)C(C)C)cc1. The Labute approximate surface area is 101 Å². The van der Waals surface area contributed by atoms with Gasteiger partial charge in [-0.1, -0.05) is 13.8 Å². The lowest BCUT2D eigenvalue weighted by molar-refractivity contribution is -0.118. The van der Waals surface area contributed by atoms with E-state index in [9.17, 15) is 9.59 Å². The highest BCUT2D eigenvalue weighted by molar-refractivity contribution is 5.96. The van der Waals surface area contributed by atoms with E-state index in [4.69, 9.17) is 0 Å². The Balaban J connectivity index is 2.68. The van der Waals surface area contributed by atoms with Gasteiger partial charge in [0, 0.05) is 23.7 Å². The summed E-state index contributed by atoms with van der Waals surface area (Å²) in [6, 6.07) is 6.84. The third-order valence-corrected chi connectivity index (χ3v) is 2.28. The zero-order valence-electron chi connectivity index (χ0n) is 10.4. The highest BCUT2D eigenvalue weighted by Crippen LogP contribution is 2.10. The molecule has 0 atom stereocenters. The first-order valence-corrected chi connectivity index (χ1v) is 5.73. The van der Waals surface area contributed by atoms with Crippen LogP contribution in [-0.2, 0) is 4.79 Å². The van der Waals surface area contributed by atoms with Crippen molar-refractivity contribution in [1.29, 1.82) is 0 Å². The Morgan fingerprint density at radius 2 is 1.76 bits per heavy atom. The van der Waals surface area contributed by atoms with Gasteiger partial charge in [-0.3, -0.25) is 9.59 Å². The molecule has 0 aromatic heterocycles. The number of anilines is 1. The summed E-state index contributed by atoms with van der Waals surface area (Å²) in [4.78, 5) is 22.9. The van der Waals surface area contributed by atoms with Crippen molar-refractivity contribution < 1.29 is 9.59 Å². The van der Waals surface area contributed by atoms with Gasteiger partial charge in [0.25, 0.3) is 5.91 Å². The first-order chi connectivity index (χ1) is 8.04. The fourth-order valence-corrected chi connectivity index (χ4v) is 1.25. The lowest BCUT2D eigenvalue weighted by Gasteiger charge is -2.08. The van der Waals surface area contributed by atoms with Crippen LogP contribution in [0.4, 0.5) is 5.69 Å². The molecule has 1 aromatic carbocycles. The van der Waals surface area contributed by atoms with Gasteiger partial charge in [0.1, 0.15) is 0 Å². The van der Waals surface area contributed by atoms with Gasteiger partial charge in [-0.05, 0) is 31.2 Å². The van der Waals surface area contributed by atoms with Gasteiger partial charge in [0.2, 0.25) is 5.91 Å². The summed E-state index contributed by atoms with van der Waals surface area (Å²) < 4.78 is 0. The number of hydrogen-bond donors (Lipinski definition) is 2. The molecule has 2 N–H and O–H groups in total. The van der Waals surface area contributed by atoms with Crippen LogP contribution in [0.3, 0.4) is 0 Å². The van der Waals surface area contributed by atoms with E-state index >= 15 is 0 Å². The predicted molar refractivity (Wildman–Crippen MR) is 67.9 cm³/mol. The van der Waals surface area contributed by atoms with Gasteiger partial charge in [-0.15, -0.1) is 0 Å². The van der Waals surface area contributed by atoms with Gasteiger partial charge >= 0.3 is 0 Å². The predicted octanol–water partition coefficient (Wildman–Crippen LogP) is 2.03. The van der Waals surface area contributed by atoms with Crippen LogP contribution >= 0.6 is 0 Å². The van der Waals surface area contributed by atoms with E-state index < -0.39 is 0 Å². The summed E-state index contributed by atoms with van der Waals surface area (Å²) >= 11 is 0. The normalized spacial score (nSPS) is 10.1. The van der Waals surface area contributed by atoms with Crippen LogP contribution in [0, 0.1) is 5.92 Å². The molecule has 1 aromatic rings. The van der Waals surface area contributed by atoms with Crippen molar-refractivity contribution in [3.05, 3.63) is 29.8 Å². The van der Waals surface area contributed by atoms with E-state index in [1.165, 1.54) is 0 Å². The average molecular weight is 234 g/mol. The number of amides is 2. The highest BCUT2D eigenvalue weighted by atomic mass is 16.2. The van der Waals surface area contributed by atoms with Crippen molar-refractivity contribution in [1.82, 2.24) is 5.32 Å². The van der Waals surface area contributed by atoms with Gasteiger partial charge in [0.05, 0.1) is 0 Å². The molecule has 0 radical (unpaired) electrons. The summed E-state index contributed by atoms with van der Waals surface area (Å²) in [7, 11) is 0. The molecule has 0 aliphatic rings. The second kappa shape index (κ2) is 6.03.